The van der Waals surface area contributed by atoms with Crippen molar-refractivity contribution in [1.82, 2.24) is 0 Å². The summed E-state index contributed by atoms with van der Waals surface area (Å²) in [4.78, 5) is 0. The van der Waals surface area contributed by atoms with Crippen molar-refractivity contribution in [2.75, 3.05) is 13.2 Å². The summed E-state index contributed by atoms with van der Waals surface area (Å²) in [6, 6.07) is 0. The van der Waals surface area contributed by atoms with E-state index in [2.05, 4.69) is 34.6 Å². The van der Waals surface area contributed by atoms with Crippen molar-refractivity contribution in [1.29, 1.82) is 0 Å². The van der Waals surface area contributed by atoms with E-state index < -0.39 is 0 Å². The fourth-order valence-corrected chi connectivity index (χ4v) is 1.09. The molecule has 0 rings (SSSR count). The molecule has 1 atom stereocenters. The van der Waals surface area contributed by atoms with Crippen LogP contribution in [0, 0.1) is 0 Å². The van der Waals surface area contributed by atoms with Gasteiger partial charge in [-0.25, -0.2) is 0 Å². The Morgan fingerprint density at radius 3 is 2.23 bits per heavy atom. The van der Waals surface area contributed by atoms with Crippen molar-refractivity contribution in [3.8, 4) is 0 Å². The van der Waals surface area contributed by atoms with Crippen molar-refractivity contribution >= 4 is 0 Å². The first kappa shape index (κ1) is 12.9. The second-order valence-electron chi connectivity index (χ2n) is 4.43. The lowest BCUT2D eigenvalue weighted by molar-refractivity contribution is -0.0496. The van der Waals surface area contributed by atoms with Gasteiger partial charge in [-0.1, -0.05) is 13.3 Å². The van der Waals surface area contributed by atoms with Crippen molar-refractivity contribution in [2.45, 2.75) is 59.2 Å². The highest BCUT2D eigenvalue weighted by molar-refractivity contribution is 4.58. The minimum Gasteiger partial charge on any atom is -0.376 e. The minimum atomic E-state index is -0.0443. The van der Waals surface area contributed by atoms with E-state index in [-0.39, 0.29) is 5.60 Å². The standard InChI is InChI=1S/C11H24O2/c1-6-7-10(2)12-8-9-13-11(3,4)5/h10H,6-9H2,1-5H3. The maximum absolute atomic E-state index is 5.55. The maximum Gasteiger partial charge on any atom is 0.0707 e. The molecule has 0 fully saturated rings. The third-order valence-corrected chi connectivity index (χ3v) is 1.72. The second-order valence-corrected chi connectivity index (χ2v) is 4.43. The van der Waals surface area contributed by atoms with E-state index in [1.54, 1.807) is 0 Å². The van der Waals surface area contributed by atoms with Gasteiger partial charge in [-0.2, -0.15) is 0 Å². The third kappa shape index (κ3) is 9.84. The van der Waals surface area contributed by atoms with Crippen LogP contribution < -0.4 is 0 Å². The topological polar surface area (TPSA) is 18.5 Å². The van der Waals surface area contributed by atoms with Crippen LogP contribution in [0.2, 0.25) is 0 Å². The van der Waals surface area contributed by atoms with Crippen molar-refractivity contribution in [3.63, 3.8) is 0 Å². The largest absolute Gasteiger partial charge is 0.376 e. The molecule has 0 aliphatic rings. The van der Waals surface area contributed by atoms with Gasteiger partial charge in [0, 0.05) is 0 Å². The number of rotatable bonds is 6. The molecule has 0 amide bonds. The Hall–Kier alpha value is -0.0800. The Morgan fingerprint density at radius 2 is 1.77 bits per heavy atom. The molecule has 0 aliphatic heterocycles. The molecule has 80 valence electrons. The molecule has 2 nitrogen and oxygen atoms in total. The summed E-state index contributed by atoms with van der Waals surface area (Å²) in [5, 5.41) is 0. The van der Waals surface area contributed by atoms with Crippen molar-refractivity contribution < 1.29 is 9.47 Å². The summed E-state index contributed by atoms with van der Waals surface area (Å²) < 4.78 is 11.1. The van der Waals surface area contributed by atoms with E-state index in [9.17, 15) is 0 Å². The molecule has 0 aromatic rings. The first-order chi connectivity index (χ1) is 5.95. The fourth-order valence-electron chi connectivity index (χ4n) is 1.09. The smallest absolute Gasteiger partial charge is 0.0707 e. The molecule has 0 radical (unpaired) electrons. The van der Waals surface area contributed by atoms with E-state index in [0.717, 1.165) is 6.42 Å². The Labute approximate surface area is 82.6 Å². The van der Waals surface area contributed by atoms with Gasteiger partial charge in [0.15, 0.2) is 0 Å². The number of ether oxygens (including phenoxy) is 2. The average molecular weight is 188 g/mol. The molecule has 1 unspecified atom stereocenters. The predicted molar refractivity (Wildman–Crippen MR) is 56.0 cm³/mol. The zero-order chi connectivity index (χ0) is 10.3. The van der Waals surface area contributed by atoms with Gasteiger partial charge in [0.1, 0.15) is 0 Å². The van der Waals surface area contributed by atoms with Crippen LogP contribution in [0.4, 0.5) is 0 Å². The highest BCUT2D eigenvalue weighted by atomic mass is 16.5. The van der Waals surface area contributed by atoms with Gasteiger partial charge in [-0.15, -0.1) is 0 Å². The summed E-state index contributed by atoms with van der Waals surface area (Å²) in [5.74, 6) is 0. The molecule has 0 spiro atoms. The quantitative estimate of drug-likeness (QED) is 0.597. The minimum absolute atomic E-state index is 0.0443. The normalized spacial score (nSPS) is 14.5. The lowest BCUT2D eigenvalue weighted by atomic mass is 10.2. The highest BCUT2D eigenvalue weighted by Crippen LogP contribution is 2.06. The van der Waals surface area contributed by atoms with Gasteiger partial charge in [0.05, 0.1) is 24.9 Å². The number of hydrogen-bond donors (Lipinski definition) is 0. The van der Waals surface area contributed by atoms with Crippen LogP contribution in [0.25, 0.3) is 0 Å². The molecule has 0 heterocycles. The van der Waals surface area contributed by atoms with Crippen LogP contribution in [0.5, 0.6) is 0 Å². The first-order valence-corrected chi connectivity index (χ1v) is 5.21. The van der Waals surface area contributed by atoms with Gasteiger partial charge < -0.3 is 9.47 Å². The SMILES string of the molecule is CCCC(C)OCCOC(C)(C)C. The summed E-state index contributed by atoms with van der Waals surface area (Å²) in [7, 11) is 0. The summed E-state index contributed by atoms with van der Waals surface area (Å²) in [6.45, 7) is 11.9. The highest BCUT2D eigenvalue weighted by Gasteiger charge is 2.09. The van der Waals surface area contributed by atoms with E-state index in [1.807, 2.05) is 0 Å². The van der Waals surface area contributed by atoms with Crippen LogP contribution in [0.1, 0.15) is 47.5 Å². The monoisotopic (exact) mass is 188 g/mol. The van der Waals surface area contributed by atoms with Crippen molar-refractivity contribution in [3.05, 3.63) is 0 Å². The predicted octanol–water partition coefficient (Wildman–Crippen LogP) is 3.01. The van der Waals surface area contributed by atoms with Crippen LogP contribution in [0.3, 0.4) is 0 Å². The molecule has 0 bridgehead atoms. The molecule has 0 aliphatic carbocycles. The lowest BCUT2D eigenvalue weighted by Crippen LogP contribution is -2.23. The molecule has 13 heavy (non-hydrogen) atoms. The molecule has 0 saturated carbocycles. The van der Waals surface area contributed by atoms with E-state index in [4.69, 9.17) is 9.47 Å². The second kappa shape index (κ2) is 6.39. The van der Waals surface area contributed by atoms with Gasteiger partial charge >= 0.3 is 0 Å². The third-order valence-electron chi connectivity index (χ3n) is 1.72. The molecular weight excluding hydrogens is 164 g/mol. The van der Waals surface area contributed by atoms with Gasteiger partial charge in [-0.05, 0) is 34.1 Å². The number of hydrogen-bond acceptors (Lipinski definition) is 2. The zero-order valence-corrected chi connectivity index (χ0v) is 9.72. The first-order valence-electron chi connectivity index (χ1n) is 5.21. The molecule has 0 N–H and O–H groups in total. The molecular formula is C11H24O2. The Morgan fingerprint density at radius 1 is 1.15 bits per heavy atom. The molecule has 2 heteroatoms. The maximum atomic E-state index is 5.55. The lowest BCUT2D eigenvalue weighted by Gasteiger charge is -2.20. The molecule has 0 saturated heterocycles. The van der Waals surface area contributed by atoms with E-state index >= 15 is 0 Å². The average Bonchev–Trinajstić information content (AvgIpc) is 1.97. The summed E-state index contributed by atoms with van der Waals surface area (Å²) >= 11 is 0. The van der Waals surface area contributed by atoms with Gasteiger partial charge in [0.2, 0.25) is 0 Å². The van der Waals surface area contributed by atoms with E-state index in [0.29, 0.717) is 19.3 Å². The van der Waals surface area contributed by atoms with Gasteiger partial charge in [0.25, 0.3) is 0 Å². The zero-order valence-electron chi connectivity index (χ0n) is 9.72. The fraction of sp³-hybridized carbons (Fsp3) is 1.00. The van der Waals surface area contributed by atoms with Crippen LogP contribution in [-0.2, 0) is 9.47 Å². The molecule has 0 aromatic heterocycles. The Kier molecular flexibility index (Phi) is 6.35. The summed E-state index contributed by atoms with van der Waals surface area (Å²) in [6.07, 6.45) is 2.69. The molecule has 0 aromatic carbocycles. The van der Waals surface area contributed by atoms with Crippen LogP contribution in [0.15, 0.2) is 0 Å². The van der Waals surface area contributed by atoms with Gasteiger partial charge in [-0.3, -0.25) is 0 Å². The Bertz CT molecular complexity index is 116. The van der Waals surface area contributed by atoms with Crippen LogP contribution in [-0.4, -0.2) is 24.9 Å². The van der Waals surface area contributed by atoms with Crippen molar-refractivity contribution in [2.24, 2.45) is 0 Å². The van der Waals surface area contributed by atoms with Crippen LogP contribution >= 0.6 is 0 Å². The Balaban J connectivity index is 3.25. The summed E-state index contributed by atoms with van der Waals surface area (Å²) in [5.41, 5.74) is -0.0443. The van der Waals surface area contributed by atoms with E-state index in [1.165, 1.54) is 6.42 Å².